The van der Waals surface area contributed by atoms with Crippen LogP contribution in [0.5, 0.6) is 0 Å². The molecule has 2 aromatic carbocycles. The summed E-state index contributed by atoms with van der Waals surface area (Å²) in [5.74, 6) is -0.538. The van der Waals surface area contributed by atoms with Crippen molar-refractivity contribution in [3.05, 3.63) is 89.5 Å². The van der Waals surface area contributed by atoms with Crippen molar-refractivity contribution in [2.24, 2.45) is 0 Å². The van der Waals surface area contributed by atoms with Gasteiger partial charge in [-0.25, -0.2) is 9.37 Å². The maximum atomic E-state index is 12.9. The lowest BCUT2D eigenvalue weighted by molar-refractivity contribution is 0.0946. The Labute approximate surface area is 151 Å². The van der Waals surface area contributed by atoms with E-state index in [-0.39, 0.29) is 11.7 Å². The van der Waals surface area contributed by atoms with Crippen LogP contribution < -0.4 is 10.2 Å². The second-order valence-electron chi connectivity index (χ2n) is 6.24. The minimum absolute atomic E-state index is 0.248. The average Bonchev–Trinajstić information content (AvgIpc) is 3.11. The van der Waals surface area contributed by atoms with E-state index in [4.69, 9.17) is 0 Å². The van der Waals surface area contributed by atoms with Crippen LogP contribution in [0.4, 0.5) is 15.8 Å². The van der Waals surface area contributed by atoms with E-state index in [1.165, 1.54) is 23.4 Å². The molecule has 0 unspecified atom stereocenters. The SMILES string of the molecule is O=C(NCc1ccc(F)cc1)c1ccc(N2CCc3ccccc32)cn1. The van der Waals surface area contributed by atoms with Crippen molar-refractivity contribution in [3.63, 3.8) is 0 Å². The zero-order valence-electron chi connectivity index (χ0n) is 14.2. The minimum atomic E-state index is -0.291. The molecule has 5 heteroatoms. The van der Waals surface area contributed by atoms with Crippen molar-refractivity contribution in [1.29, 1.82) is 0 Å². The highest BCUT2D eigenvalue weighted by Crippen LogP contribution is 2.33. The van der Waals surface area contributed by atoms with Gasteiger partial charge in [-0.15, -0.1) is 0 Å². The van der Waals surface area contributed by atoms with E-state index in [0.717, 1.165) is 24.2 Å². The Bertz CT molecular complexity index is 923. The van der Waals surface area contributed by atoms with Crippen LogP contribution in [0.3, 0.4) is 0 Å². The van der Waals surface area contributed by atoms with Crippen LogP contribution in [-0.2, 0) is 13.0 Å². The van der Waals surface area contributed by atoms with E-state index in [2.05, 4.69) is 33.4 Å². The number of pyridine rings is 1. The highest BCUT2D eigenvalue weighted by molar-refractivity contribution is 5.92. The molecule has 1 aliphatic heterocycles. The Balaban J connectivity index is 1.43. The summed E-state index contributed by atoms with van der Waals surface area (Å²) in [5, 5.41) is 2.80. The molecule has 0 aliphatic carbocycles. The second kappa shape index (κ2) is 6.96. The van der Waals surface area contributed by atoms with Crippen LogP contribution in [0.15, 0.2) is 66.9 Å². The van der Waals surface area contributed by atoms with Crippen LogP contribution >= 0.6 is 0 Å². The molecule has 0 spiro atoms. The number of amides is 1. The van der Waals surface area contributed by atoms with Crippen molar-refractivity contribution in [2.45, 2.75) is 13.0 Å². The van der Waals surface area contributed by atoms with Crippen molar-refractivity contribution < 1.29 is 9.18 Å². The summed E-state index contributed by atoms with van der Waals surface area (Å²) in [4.78, 5) is 18.8. The first-order chi connectivity index (χ1) is 12.7. The van der Waals surface area contributed by atoms with Gasteiger partial charge < -0.3 is 10.2 Å². The van der Waals surface area contributed by atoms with Crippen molar-refractivity contribution >= 4 is 17.3 Å². The first-order valence-corrected chi connectivity index (χ1v) is 8.55. The first kappa shape index (κ1) is 16.3. The maximum Gasteiger partial charge on any atom is 0.270 e. The molecule has 26 heavy (non-hydrogen) atoms. The standard InChI is InChI=1S/C21H18FN3O/c22-17-7-5-15(6-8-17)13-24-21(26)19-10-9-18(14-23-19)25-12-11-16-3-1-2-4-20(16)25/h1-10,14H,11-13H2,(H,24,26). The number of carbonyl (C=O) groups is 1. The van der Waals surface area contributed by atoms with Gasteiger partial charge in [0, 0.05) is 18.8 Å². The number of carbonyl (C=O) groups excluding carboxylic acids is 1. The Kier molecular flexibility index (Phi) is 4.35. The Morgan fingerprint density at radius 1 is 1.08 bits per heavy atom. The van der Waals surface area contributed by atoms with Crippen molar-refractivity contribution in [3.8, 4) is 0 Å². The molecule has 1 aliphatic rings. The highest BCUT2D eigenvalue weighted by atomic mass is 19.1. The van der Waals surface area contributed by atoms with Gasteiger partial charge in [0.1, 0.15) is 11.5 Å². The van der Waals surface area contributed by atoms with Gasteiger partial charge in [-0.05, 0) is 47.9 Å². The van der Waals surface area contributed by atoms with Crippen LogP contribution in [0, 0.1) is 5.82 Å². The summed E-state index contributed by atoms with van der Waals surface area (Å²) in [5.41, 5.74) is 4.70. The Morgan fingerprint density at radius 2 is 1.88 bits per heavy atom. The molecule has 1 amide bonds. The predicted octanol–water partition coefficient (Wildman–Crippen LogP) is 3.84. The summed E-state index contributed by atoms with van der Waals surface area (Å²) < 4.78 is 12.9. The molecule has 0 bridgehead atoms. The number of anilines is 2. The summed E-state index contributed by atoms with van der Waals surface area (Å²) in [6, 6.07) is 18.0. The largest absolute Gasteiger partial charge is 0.347 e. The zero-order valence-corrected chi connectivity index (χ0v) is 14.2. The van der Waals surface area contributed by atoms with E-state index >= 15 is 0 Å². The lowest BCUT2D eigenvalue weighted by Crippen LogP contribution is -2.24. The number of rotatable bonds is 4. The third kappa shape index (κ3) is 3.28. The van der Waals surface area contributed by atoms with E-state index in [1.54, 1.807) is 24.4 Å². The first-order valence-electron chi connectivity index (χ1n) is 8.55. The van der Waals surface area contributed by atoms with Gasteiger partial charge in [-0.3, -0.25) is 4.79 Å². The molecular weight excluding hydrogens is 329 g/mol. The molecule has 4 rings (SSSR count). The number of para-hydroxylation sites is 1. The smallest absolute Gasteiger partial charge is 0.270 e. The molecule has 0 saturated heterocycles. The topological polar surface area (TPSA) is 45.2 Å². The van der Waals surface area contributed by atoms with Crippen LogP contribution in [0.25, 0.3) is 0 Å². The summed E-state index contributed by atoms with van der Waals surface area (Å²) in [6.45, 7) is 1.25. The lowest BCUT2D eigenvalue weighted by Gasteiger charge is -2.19. The quantitative estimate of drug-likeness (QED) is 0.780. The Hall–Kier alpha value is -3.21. The molecule has 3 aromatic rings. The molecule has 2 heterocycles. The van der Waals surface area contributed by atoms with Gasteiger partial charge in [0.25, 0.3) is 5.91 Å². The maximum absolute atomic E-state index is 12.9. The molecule has 0 saturated carbocycles. The van der Waals surface area contributed by atoms with Crippen LogP contribution in [0.2, 0.25) is 0 Å². The average molecular weight is 347 g/mol. The monoisotopic (exact) mass is 347 g/mol. The van der Waals surface area contributed by atoms with Gasteiger partial charge >= 0.3 is 0 Å². The molecule has 1 N–H and O–H groups in total. The normalized spacial score (nSPS) is 12.7. The number of benzene rings is 2. The molecule has 0 fully saturated rings. The van der Waals surface area contributed by atoms with Gasteiger partial charge in [-0.2, -0.15) is 0 Å². The molecule has 0 radical (unpaired) electrons. The van der Waals surface area contributed by atoms with Crippen LogP contribution in [0.1, 0.15) is 21.6 Å². The fourth-order valence-electron chi connectivity index (χ4n) is 3.16. The van der Waals surface area contributed by atoms with Crippen molar-refractivity contribution in [2.75, 3.05) is 11.4 Å². The lowest BCUT2D eigenvalue weighted by atomic mass is 10.2. The number of fused-ring (bicyclic) bond motifs is 1. The number of nitrogens with zero attached hydrogens (tertiary/aromatic N) is 2. The van der Waals surface area contributed by atoms with Crippen molar-refractivity contribution in [1.82, 2.24) is 10.3 Å². The summed E-state index contributed by atoms with van der Waals surface area (Å²) in [6.07, 6.45) is 2.74. The molecule has 130 valence electrons. The number of nitrogens with one attached hydrogen (secondary N) is 1. The molecule has 1 aromatic heterocycles. The molecule has 0 atom stereocenters. The van der Waals surface area contributed by atoms with Gasteiger partial charge in [0.05, 0.1) is 11.9 Å². The fraction of sp³-hybridized carbons (Fsp3) is 0.143. The van der Waals surface area contributed by atoms with E-state index in [1.807, 2.05) is 12.1 Å². The summed E-state index contributed by atoms with van der Waals surface area (Å²) >= 11 is 0. The molecular formula is C21H18FN3O. The number of aromatic nitrogens is 1. The van der Waals surface area contributed by atoms with Gasteiger partial charge in [0.15, 0.2) is 0 Å². The summed E-state index contributed by atoms with van der Waals surface area (Å²) in [7, 11) is 0. The van der Waals surface area contributed by atoms with E-state index in [9.17, 15) is 9.18 Å². The third-order valence-corrected chi connectivity index (χ3v) is 4.55. The van der Waals surface area contributed by atoms with E-state index < -0.39 is 0 Å². The minimum Gasteiger partial charge on any atom is -0.347 e. The number of hydrogen-bond acceptors (Lipinski definition) is 3. The number of hydrogen-bond donors (Lipinski definition) is 1. The zero-order chi connectivity index (χ0) is 17.9. The third-order valence-electron chi connectivity index (χ3n) is 4.55. The molecule has 4 nitrogen and oxygen atoms in total. The highest BCUT2D eigenvalue weighted by Gasteiger charge is 2.20. The van der Waals surface area contributed by atoms with Crippen LogP contribution in [-0.4, -0.2) is 17.4 Å². The number of halogens is 1. The Morgan fingerprint density at radius 3 is 2.65 bits per heavy atom. The second-order valence-corrected chi connectivity index (χ2v) is 6.24. The van der Waals surface area contributed by atoms with E-state index in [0.29, 0.717) is 12.2 Å². The predicted molar refractivity (Wildman–Crippen MR) is 99.0 cm³/mol. The van der Waals surface area contributed by atoms with Gasteiger partial charge in [0.2, 0.25) is 0 Å². The van der Waals surface area contributed by atoms with Gasteiger partial charge in [-0.1, -0.05) is 30.3 Å². The fourth-order valence-corrected chi connectivity index (χ4v) is 3.16.